The van der Waals surface area contributed by atoms with Crippen molar-refractivity contribution in [3.63, 3.8) is 0 Å². The van der Waals surface area contributed by atoms with Gasteiger partial charge in [-0.25, -0.2) is 0 Å². The maximum Gasteiger partial charge on any atom is 0.417 e. The van der Waals surface area contributed by atoms with Crippen LogP contribution < -0.4 is 10.6 Å². The Morgan fingerprint density at radius 3 is 2.23 bits per heavy atom. The third-order valence-electron chi connectivity index (χ3n) is 5.38. The van der Waals surface area contributed by atoms with Crippen molar-refractivity contribution in [2.24, 2.45) is 5.92 Å². The van der Waals surface area contributed by atoms with Crippen LogP contribution in [0.15, 0.2) is 48.5 Å². The zero-order chi connectivity index (χ0) is 22.3. The van der Waals surface area contributed by atoms with Gasteiger partial charge in [-0.3, -0.25) is 4.79 Å². The van der Waals surface area contributed by atoms with Crippen LogP contribution in [0.25, 0.3) is 0 Å². The topological polar surface area (TPSA) is 41.1 Å². The number of alkyl halides is 3. The Bertz CT molecular complexity index is 823. The fraction of sp³-hybridized carbons (Fsp3) is 0.435. The molecule has 0 saturated carbocycles. The molecule has 1 unspecified atom stereocenters. The molecule has 0 aromatic heterocycles. The van der Waals surface area contributed by atoms with Crippen molar-refractivity contribution < 1.29 is 18.0 Å². The predicted octanol–water partition coefficient (Wildman–Crippen LogP) is 6.24. The van der Waals surface area contributed by atoms with E-state index in [1.165, 1.54) is 12.1 Å². The van der Waals surface area contributed by atoms with E-state index >= 15 is 0 Å². The van der Waals surface area contributed by atoms with Gasteiger partial charge in [-0.1, -0.05) is 74.7 Å². The van der Waals surface area contributed by atoms with Crippen molar-refractivity contribution in [3.05, 3.63) is 70.2 Å². The number of carbonyl (C=O) groups excluding carboxylic acids is 1. The average Bonchev–Trinajstić information content (AvgIpc) is 2.72. The van der Waals surface area contributed by atoms with Crippen LogP contribution in [0.4, 0.5) is 13.2 Å². The minimum Gasteiger partial charge on any atom is -0.344 e. The molecule has 2 N–H and O–H groups in total. The van der Waals surface area contributed by atoms with Gasteiger partial charge in [0.05, 0.1) is 22.2 Å². The molecular weight excluding hydrogens is 413 g/mol. The SMILES string of the molecule is CCC(CC)CNC(C)[C@H](NC(=O)c1cccc(C(F)(F)F)c1Cl)c1ccccc1. The van der Waals surface area contributed by atoms with E-state index in [2.05, 4.69) is 24.5 Å². The van der Waals surface area contributed by atoms with Gasteiger partial charge in [-0.05, 0) is 37.1 Å². The highest BCUT2D eigenvalue weighted by Crippen LogP contribution is 2.36. The zero-order valence-corrected chi connectivity index (χ0v) is 18.1. The van der Waals surface area contributed by atoms with E-state index in [-0.39, 0.29) is 11.6 Å². The molecule has 0 aliphatic heterocycles. The lowest BCUT2D eigenvalue weighted by Gasteiger charge is -2.28. The number of halogens is 4. The lowest BCUT2D eigenvalue weighted by Crippen LogP contribution is -2.43. The molecular formula is C23H28ClF3N2O. The molecule has 0 fully saturated rings. The summed E-state index contributed by atoms with van der Waals surface area (Å²) in [4.78, 5) is 12.9. The maximum absolute atomic E-state index is 13.2. The lowest BCUT2D eigenvalue weighted by molar-refractivity contribution is -0.137. The summed E-state index contributed by atoms with van der Waals surface area (Å²) in [6.45, 7) is 7.00. The Morgan fingerprint density at radius 1 is 1.03 bits per heavy atom. The number of amides is 1. The summed E-state index contributed by atoms with van der Waals surface area (Å²) in [7, 11) is 0. The van der Waals surface area contributed by atoms with Gasteiger partial charge in [0.25, 0.3) is 5.91 Å². The fourth-order valence-electron chi connectivity index (χ4n) is 3.35. The van der Waals surface area contributed by atoms with Crippen molar-refractivity contribution in [1.82, 2.24) is 10.6 Å². The second-order valence-corrected chi connectivity index (χ2v) is 7.78. The van der Waals surface area contributed by atoms with E-state index in [4.69, 9.17) is 11.6 Å². The first kappa shape index (κ1) is 24.2. The molecule has 30 heavy (non-hydrogen) atoms. The van der Waals surface area contributed by atoms with E-state index in [1.807, 2.05) is 37.3 Å². The van der Waals surface area contributed by atoms with Crippen molar-refractivity contribution in [3.8, 4) is 0 Å². The van der Waals surface area contributed by atoms with Gasteiger partial charge < -0.3 is 10.6 Å². The number of carbonyl (C=O) groups is 1. The Hall–Kier alpha value is -2.05. The van der Waals surface area contributed by atoms with Crippen LogP contribution in [0.5, 0.6) is 0 Å². The molecule has 1 amide bonds. The van der Waals surface area contributed by atoms with E-state index in [1.54, 1.807) is 0 Å². The van der Waals surface area contributed by atoms with Crippen LogP contribution >= 0.6 is 11.6 Å². The molecule has 0 aliphatic carbocycles. The minimum atomic E-state index is -4.63. The molecule has 0 bridgehead atoms. The molecule has 2 aromatic rings. The summed E-state index contributed by atoms with van der Waals surface area (Å²) in [6, 6.07) is 12.1. The number of hydrogen-bond donors (Lipinski definition) is 2. The Morgan fingerprint density at radius 2 is 1.67 bits per heavy atom. The highest BCUT2D eigenvalue weighted by atomic mass is 35.5. The van der Waals surface area contributed by atoms with Crippen LogP contribution in [0.2, 0.25) is 5.02 Å². The molecule has 0 heterocycles. The minimum absolute atomic E-state index is 0.137. The molecule has 0 aliphatic rings. The van der Waals surface area contributed by atoms with Gasteiger partial charge in [0.2, 0.25) is 0 Å². The van der Waals surface area contributed by atoms with Crippen molar-refractivity contribution in [2.45, 2.75) is 51.9 Å². The van der Waals surface area contributed by atoms with E-state index in [0.717, 1.165) is 31.0 Å². The highest BCUT2D eigenvalue weighted by Gasteiger charge is 2.35. The smallest absolute Gasteiger partial charge is 0.344 e. The third kappa shape index (κ3) is 6.22. The first-order valence-electron chi connectivity index (χ1n) is 10.1. The number of benzene rings is 2. The second kappa shape index (κ2) is 10.8. The second-order valence-electron chi connectivity index (χ2n) is 7.41. The summed E-state index contributed by atoms with van der Waals surface area (Å²) in [6.07, 6.45) is -2.55. The highest BCUT2D eigenvalue weighted by molar-refractivity contribution is 6.34. The number of rotatable bonds is 9. The van der Waals surface area contributed by atoms with Crippen molar-refractivity contribution in [2.75, 3.05) is 6.54 Å². The van der Waals surface area contributed by atoms with Gasteiger partial charge >= 0.3 is 6.18 Å². The van der Waals surface area contributed by atoms with Crippen LogP contribution in [0.1, 0.15) is 61.1 Å². The van der Waals surface area contributed by atoms with Crippen LogP contribution in [-0.4, -0.2) is 18.5 Å². The van der Waals surface area contributed by atoms with Gasteiger partial charge in [-0.2, -0.15) is 13.2 Å². The quantitative estimate of drug-likeness (QED) is 0.484. The van der Waals surface area contributed by atoms with Crippen LogP contribution in [-0.2, 0) is 6.18 Å². The predicted molar refractivity (Wildman–Crippen MR) is 115 cm³/mol. The summed E-state index contributed by atoms with van der Waals surface area (Å²) in [5.74, 6) is -0.131. The summed E-state index contributed by atoms with van der Waals surface area (Å²) < 4.78 is 39.5. The monoisotopic (exact) mass is 440 g/mol. The first-order chi connectivity index (χ1) is 14.2. The van der Waals surface area contributed by atoms with E-state index < -0.39 is 28.7 Å². The normalized spacial score (nSPS) is 13.9. The molecule has 3 nitrogen and oxygen atoms in total. The maximum atomic E-state index is 13.2. The Labute approximate surface area is 181 Å². The number of nitrogens with one attached hydrogen (secondary N) is 2. The van der Waals surface area contributed by atoms with Crippen LogP contribution in [0, 0.1) is 5.92 Å². The molecule has 0 saturated heterocycles. The van der Waals surface area contributed by atoms with Crippen molar-refractivity contribution >= 4 is 17.5 Å². The molecule has 0 radical (unpaired) electrons. The van der Waals surface area contributed by atoms with Gasteiger partial charge in [0.1, 0.15) is 0 Å². The largest absolute Gasteiger partial charge is 0.417 e. The number of hydrogen-bond acceptors (Lipinski definition) is 2. The lowest BCUT2D eigenvalue weighted by atomic mass is 9.97. The van der Waals surface area contributed by atoms with Gasteiger partial charge in [0, 0.05) is 6.04 Å². The Balaban J connectivity index is 2.27. The molecule has 2 rings (SSSR count). The molecule has 2 atom stereocenters. The zero-order valence-electron chi connectivity index (χ0n) is 17.4. The fourth-order valence-corrected chi connectivity index (χ4v) is 3.67. The molecule has 7 heteroatoms. The Kier molecular flexibility index (Phi) is 8.74. The van der Waals surface area contributed by atoms with E-state index in [9.17, 15) is 18.0 Å². The van der Waals surface area contributed by atoms with E-state index in [0.29, 0.717) is 5.92 Å². The molecule has 0 spiro atoms. The third-order valence-corrected chi connectivity index (χ3v) is 5.78. The molecule has 2 aromatic carbocycles. The first-order valence-corrected chi connectivity index (χ1v) is 10.5. The van der Waals surface area contributed by atoms with Crippen molar-refractivity contribution in [1.29, 1.82) is 0 Å². The summed E-state index contributed by atoms with van der Waals surface area (Å²) in [5, 5.41) is 5.75. The summed E-state index contributed by atoms with van der Waals surface area (Å²) in [5.41, 5.74) is -0.355. The molecule has 164 valence electrons. The average molecular weight is 441 g/mol. The van der Waals surface area contributed by atoms with Crippen LogP contribution in [0.3, 0.4) is 0 Å². The van der Waals surface area contributed by atoms with Gasteiger partial charge in [0.15, 0.2) is 0 Å². The summed E-state index contributed by atoms with van der Waals surface area (Å²) >= 11 is 5.94. The standard InChI is InChI=1S/C23H28ClF3N2O/c1-4-16(5-2)14-28-15(3)21(17-10-7-6-8-11-17)29-22(30)18-12-9-13-19(20(18)24)23(25,26)27/h6-13,15-16,21,28H,4-5,14H2,1-3H3,(H,29,30)/t15?,21-/m0/s1. The van der Waals surface area contributed by atoms with Gasteiger partial charge in [-0.15, -0.1) is 0 Å².